The van der Waals surface area contributed by atoms with Crippen LogP contribution < -0.4 is 5.30 Å². The zero-order chi connectivity index (χ0) is 10.7. The quantitative estimate of drug-likeness (QED) is 0.511. The monoisotopic (exact) mass is 218 g/mol. The number of hydrogen-bond acceptors (Lipinski definition) is 0. The van der Waals surface area contributed by atoms with Gasteiger partial charge in [-0.1, -0.05) is 30.3 Å². The minimum Gasteiger partial charge on any atom is -0.505 e. The van der Waals surface area contributed by atoms with Crippen LogP contribution in [0.4, 0.5) is 0 Å². The average Bonchev–Trinajstić information content (AvgIpc) is 2.66. The van der Waals surface area contributed by atoms with Crippen molar-refractivity contribution in [1.82, 2.24) is 0 Å². The first-order valence-electron chi connectivity index (χ1n) is 5.44. The Balaban J connectivity index is 2.07. The Hall–Kier alpha value is -0.750. The Bertz CT molecular complexity index is 411. The summed E-state index contributed by atoms with van der Waals surface area (Å²) in [5.74, 6) is 0. The van der Waals surface area contributed by atoms with Crippen LogP contribution in [0.3, 0.4) is 0 Å². The summed E-state index contributed by atoms with van der Waals surface area (Å²) in [5, 5.41) is 1.50. The van der Waals surface area contributed by atoms with E-state index in [0.717, 1.165) is 12.8 Å². The van der Waals surface area contributed by atoms with Crippen molar-refractivity contribution in [3.05, 3.63) is 35.9 Å². The van der Waals surface area contributed by atoms with Crippen molar-refractivity contribution in [2.75, 3.05) is 0 Å². The number of hydrogen-bond donors (Lipinski definition) is 0. The van der Waals surface area contributed by atoms with Gasteiger partial charge < -0.3 is 10.2 Å². The second-order valence-electron chi connectivity index (χ2n) is 4.92. The Morgan fingerprint density at radius 2 is 1.67 bits per heavy atom. The molecule has 0 aromatic heterocycles. The molecule has 0 radical (unpaired) electrons. The minimum atomic E-state index is -0.232. The number of fused-ring (bicyclic) bond motifs is 1. The third-order valence-electron chi connectivity index (χ3n) is 3.96. The van der Waals surface area contributed by atoms with Crippen molar-refractivity contribution in [3.8, 4) is 0 Å². The molecule has 2 nitrogen and oxygen atoms in total. The van der Waals surface area contributed by atoms with Crippen LogP contribution in [0.1, 0.15) is 26.7 Å². The summed E-state index contributed by atoms with van der Waals surface area (Å²) in [6.07, 6.45) is 2.25. The highest BCUT2D eigenvalue weighted by Crippen LogP contribution is 2.78. The topological polar surface area (TPSA) is 25.3 Å². The molecule has 0 saturated carbocycles. The van der Waals surface area contributed by atoms with E-state index in [1.165, 1.54) is 5.30 Å². The molecule has 3 aliphatic heterocycles. The summed E-state index contributed by atoms with van der Waals surface area (Å²) in [6.45, 7) is 4.39. The lowest BCUT2D eigenvalue weighted by Gasteiger charge is -2.51. The van der Waals surface area contributed by atoms with E-state index >= 15 is 0 Å². The Labute approximate surface area is 91.6 Å². The SMILES string of the molecule is CC12CCC(C)([N+]1=[N-])P2c1ccccc1. The van der Waals surface area contributed by atoms with Crippen molar-refractivity contribution in [2.45, 2.75) is 37.2 Å². The van der Waals surface area contributed by atoms with Gasteiger partial charge in [0.25, 0.3) is 0 Å². The Kier molecular flexibility index (Phi) is 1.69. The molecule has 1 aromatic carbocycles. The second-order valence-corrected chi connectivity index (χ2v) is 8.03. The van der Waals surface area contributed by atoms with E-state index in [4.69, 9.17) is 0 Å². The first kappa shape index (κ1) is 9.47. The molecule has 4 rings (SSSR count). The molecule has 2 unspecified atom stereocenters. The van der Waals surface area contributed by atoms with E-state index in [1.807, 2.05) is 0 Å². The van der Waals surface area contributed by atoms with Gasteiger partial charge in [-0.05, 0) is 5.30 Å². The standard InChI is InChI=1S/C12H15N2P/c1-11-8-9-12(2,14(11)13)15(11)10-6-4-3-5-7-10/h3-7H,8-9H2,1-2H3. The van der Waals surface area contributed by atoms with Crippen LogP contribution in [0, 0.1) is 0 Å². The fourth-order valence-electron chi connectivity index (χ4n) is 3.22. The molecule has 2 bridgehead atoms. The lowest BCUT2D eigenvalue weighted by molar-refractivity contribution is -0.648. The predicted octanol–water partition coefficient (Wildman–Crippen LogP) is 3.07. The molecule has 3 heteroatoms. The molecule has 3 heterocycles. The molecule has 0 spiro atoms. The third-order valence-corrected chi connectivity index (χ3v) is 7.53. The van der Waals surface area contributed by atoms with Gasteiger partial charge in [0, 0.05) is 26.7 Å². The van der Waals surface area contributed by atoms with Crippen LogP contribution in [0.2, 0.25) is 0 Å². The molecule has 2 atom stereocenters. The van der Waals surface area contributed by atoms with Gasteiger partial charge in [-0.2, -0.15) is 0 Å². The van der Waals surface area contributed by atoms with Crippen LogP contribution in [0.15, 0.2) is 30.3 Å². The maximum atomic E-state index is 10.0. The molecule has 15 heavy (non-hydrogen) atoms. The van der Waals surface area contributed by atoms with Crippen molar-refractivity contribution in [1.29, 1.82) is 0 Å². The van der Waals surface area contributed by atoms with E-state index in [9.17, 15) is 5.53 Å². The highest BCUT2D eigenvalue weighted by Gasteiger charge is 2.74. The van der Waals surface area contributed by atoms with Crippen molar-refractivity contribution < 1.29 is 4.70 Å². The maximum absolute atomic E-state index is 10.0. The fourth-order valence-corrected chi connectivity index (χ4v) is 7.19. The van der Waals surface area contributed by atoms with Gasteiger partial charge in [-0.15, -0.1) is 0 Å². The summed E-state index contributed by atoms with van der Waals surface area (Å²) < 4.78 is 1.61. The van der Waals surface area contributed by atoms with E-state index in [0.29, 0.717) is 0 Å². The van der Waals surface area contributed by atoms with Crippen molar-refractivity contribution >= 4 is 13.2 Å². The molecule has 0 N–H and O–H groups in total. The van der Waals surface area contributed by atoms with Crippen LogP contribution in [-0.2, 0) is 0 Å². The summed E-state index contributed by atoms with van der Waals surface area (Å²) >= 11 is 0. The van der Waals surface area contributed by atoms with Gasteiger partial charge >= 0.3 is 0 Å². The first-order valence-corrected chi connectivity index (χ1v) is 6.78. The zero-order valence-corrected chi connectivity index (χ0v) is 10.0. The van der Waals surface area contributed by atoms with E-state index < -0.39 is 0 Å². The fraction of sp³-hybridized carbons (Fsp3) is 0.500. The number of nitrogens with zero attached hydrogens (tertiary/aromatic N) is 2. The summed E-state index contributed by atoms with van der Waals surface area (Å²) in [6, 6.07) is 10.7. The average molecular weight is 218 g/mol. The molecular formula is C12H15N2P. The van der Waals surface area contributed by atoms with Gasteiger partial charge in [-0.25, -0.2) is 0 Å². The van der Waals surface area contributed by atoms with Crippen molar-refractivity contribution in [2.24, 2.45) is 0 Å². The lowest BCUT2D eigenvalue weighted by atomic mass is 10.2. The number of benzene rings is 1. The zero-order valence-electron chi connectivity index (χ0n) is 9.14. The molecule has 1 aromatic rings. The molecule has 0 amide bonds. The molecule has 3 fully saturated rings. The molecule has 3 aliphatic rings. The van der Waals surface area contributed by atoms with Gasteiger partial charge in [0.15, 0.2) is 10.6 Å². The molecular weight excluding hydrogens is 203 g/mol. The van der Waals surface area contributed by atoms with Gasteiger partial charge in [0.1, 0.15) is 0 Å². The smallest absolute Gasteiger partial charge is 0.176 e. The molecule has 0 aliphatic carbocycles. The second kappa shape index (κ2) is 2.68. The van der Waals surface area contributed by atoms with Gasteiger partial charge in [0.05, 0.1) is 7.92 Å². The normalized spacial score (nSPS) is 42.8. The minimum absolute atomic E-state index is 0.0332. The molecule has 78 valence electrons. The third kappa shape index (κ3) is 0.939. The van der Waals surface area contributed by atoms with E-state index in [1.54, 1.807) is 4.70 Å². The summed E-state index contributed by atoms with van der Waals surface area (Å²) in [7, 11) is -0.232. The number of rotatable bonds is 1. The van der Waals surface area contributed by atoms with Crippen molar-refractivity contribution in [3.63, 3.8) is 0 Å². The van der Waals surface area contributed by atoms with E-state index in [-0.39, 0.29) is 18.5 Å². The Morgan fingerprint density at radius 1 is 1.13 bits per heavy atom. The van der Waals surface area contributed by atoms with Crippen LogP contribution in [-0.4, -0.2) is 15.3 Å². The van der Waals surface area contributed by atoms with Crippen LogP contribution >= 0.6 is 7.92 Å². The maximum Gasteiger partial charge on any atom is 0.176 e. The van der Waals surface area contributed by atoms with Crippen LogP contribution in [0.25, 0.3) is 5.53 Å². The summed E-state index contributed by atoms with van der Waals surface area (Å²) in [4.78, 5) is 0. The lowest BCUT2D eigenvalue weighted by Crippen LogP contribution is -2.56. The molecule has 3 saturated heterocycles. The van der Waals surface area contributed by atoms with Gasteiger partial charge in [-0.3, -0.25) is 0 Å². The highest BCUT2D eigenvalue weighted by atomic mass is 31.1. The van der Waals surface area contributed by atoms with Gasteiger partial charge in [0.2, 0.25) is 0 Å². The highest BCUT2D eigenvalue weighted by molar-refractivity contribution is 7.69. The first-order chi connectivity index (χ1) is 7.09. The summed E-state index contributed by atoms with van der Waals surface area (Å²) in [5.41, 5.74) is 10.0. The predicted molar refractivity (Wildman–Crippen MR) is 62.7 cm³/mol. The largest absolute Gasteiger partial charge is 0.505 e. The van der Waals surface area contributed by atoms with Crippen LogP contribution in [0.5, 0.6) is 0 Å². The Morgan fingerprint density at radius 3 is 2.13 bits per heavy atom. The van der Waals surface area contributed by atoms with E-state index in [2.05, 4.69) is 44.2 Å².